The smallest absolute Gasteiger partial charge is 0.274 e. The third-order valence-electron chi connectivity index (χ3n) is 4.66. The van der Waals surface area contributed by atoms with Crippen LogP contribution < -0.4 is 10.2 Å². The molecule has 8 heteroatoms. The summed E-state index contributed by atoms with van der Waals surface area (Å²) in [4.78, 5) is 19.3. The number of nitrogens with zero attached hydrogens (tertiary/aromatic N) is 6. The fourth-order valence-corrected chi connectivity index (χ4v) is 3.27. The van der Waals surface area contributed by atoms with Gasteiger partial charge in [0.25, 0.3) is 5.91 Å². The van der Waals surface area contributed by atoms with E-state index in [-0.39, 0.29) is 5.91 Å². The monoisotopic (exact) mass is 363 g/mol. The van der Waals surface area contributed by atoms with E-state index in [0.717, 1.165) is 24.5 Å². The minimum Gasteiger partial charge on any atom is -0.371 e. The van der Waals surface area contributed by atoms with Crippen LogP contribution in [-0.2, 0) is 0 Å². The number of amides is 1. The van der Waals surface area contributed by atoms with Crippen LogP contribution in [0.3, 0.4) is 0 Å². The van der Waals surface area contributed by atoms with Gasteiger partial charge in [-0.3, -0.25) is 9.78 Å². The lowest BCUT2D eigenvalue weighted by Gasteiger charge is -2.22. The normalized spacial score (nSPS) is 14.6. The van der Waals surface area contributed by atoms with Crippen molar-refractivity contribution >= 4 is 17.3 Å². The molecule has 4 rings (SSSR count). The van der Waals surface area contributed by atoms with Crippen LogP contribution in [0.25, 0.3) is 5.69 Å². The molecule has 1 saturated heterocycles. The number of hydrogen-bond acceptors (Lipinski definition) is 6. The predicted octanol–water partition coefficient (Wildman–Crippen LogP) is 2.69. The summed E-state index contributed by atoms with van der Waals surface area (Å²) in [7, 11) is 0. The summed E-state index contributed by atoms with van der Waals surface area (Å²) in [6.45, 7) is 2.05. The number of aromatic nitrogens is 5. The van der Waals surface area contributed by atoms with Crippen LogP contribution in [0.4, 0.5) is 11.4 Å². The van der Waals surface area contributed by atoms with Gasteiger partial charge in [0.1, 0.15) is 12.0 Å². The highest BCUT2D eigenvalue weighted by molar-refractivity contribution is 6.03. The summed E-state index contributed by atoms with van der Waals surface area (Å²) in [6.07, 6.45) is 8.13. The predicted molar refractivity (Wildman–Crippen MR) is 102 cm³/mol. The average molecular weight is 363 g/mol. The summed E-state index contributed by atoms with van der Waals surface area (Å²) in [5, 5.41) is 14.0. The van der Waals surface area contributed by atoms with E-state index < -0.39 is 0 Å². The molecule has 0 unspecified atom stereocenters. The number of anilines is 2. The van der Waals surface area contributed by atoms with Gasteiger partial charge < -0.3 is 10.2 Å². The lowest BCUT2D eigenvalue weighted by atomic mass is 10.2. The maximum Gasteiger partial charge on any atom is 0.274 e. The Balaban J connectivity index is 1.50. The van der Waals surface area contributed by atoms with Crippen LogP contribution in [-0.4, -0.2) is 44.2 Å². The zero-order valence-corrected chi connectivity index (χ0v) is 15.0. The zero-order valence-electron chi connectivity index (χ0n) is 15.0. The Morgan fingerprint density at radius 1 is 1.00 bits per heavy atom. The molecule has 0 atom stereocenters. The van der Waals surface area contributed by atoms with Gasteiger partial charge in [0.15, 0.2) is 0 Å². The van der Waals surface area contributed by atoms with Crippen LogP contribution in [0, 0.1) is 0 Å². The molecule has 1 aliphatic heterocycles. The van der Waals surface area contributed by atoms with E-state index in [1.165, 1.54) is 36.7 Å². The molecular formula is C19H21N7O. The topological polar surface area (TPSA) is 88.8 Å². The van der Waals surface area contributed by atoms with Crippen molar-refractivity contribution in [1.82, 2.24) is 25.2 Å². The maximum absolute atomic E-state index is 12.7. The molecule has 3 aromatic rings. The molecule has 138 valence electrons. The Bertz CT molecular complexity index is 902. The molecule has 1 aromatic carbocycles. The molecule has 0 aliphatic carbocycles. The summed E-state index contributed by atoms with van der Waals surface area (Å²) in [5.41, 5.74) is 2.89. The van der Waals surface area contributed by atoms with Crippen LogP contribution in [0.15, 0.2) is 48.9 Å². The third kappa shape index (κ3) is 4.11. The van der Waals surface area contributed by atoms with Crippen LogP contribution in [0.5, 0.6) is 0 Å². The Morgan fingerprint density at radius 3 is 2.63 bits per heavy atom. The van der Waals surface area contributed by atoms with E-state index >= 15 is 0 Å². The van der Waals surface area contributed by atoms with Crippen molar-refractivity contribution < 1.29 is 4.79 Å². The van der Waals surface area contributed by atoms with Crippen molar-refractivity contribution in [1.29, 1.82) is 0 Å². The minimum absolute atomic E-state index is 0.236. The molecule has 1 amide bonds. The van der Waals surface area contributed by atoms with E-state index in [1.54, 1.807) is 6.20 Å². The number of carbonyl (C=O) groups is 1. The first-order valence-electron chi connectivity index (χ1n) is 9.15. The second kappa shape index (κ2) is 7.94. The van der Waals surface area contributed by atoms with Gasteiger partial charge in [0.05, 0.1) is 5.69 Å². The quantitative estimate of drug-likeness (QED) is 0.767. The molecule has 8 nitrogen and oxygen atoms in total. The van der Waals surface area contributed by atoms with Crippen molar-refractivity contribution in [2.24, 2.45) is 0 Å². The number of pyridine rings is 1. The van der Waals surface area contributed by atoms with Gasteiger partial charge in [-0.1, -0.05) is 18.9 Å². The van der Waals surface area contributed by atoms with Crippen molar-refractivity contribution in [3.63, 3.8) is 0 Å². The third-order valence-corrected chi connectivity index (χ3v) is 4.66. The van der Waals surface area contributed by atoms with Gasteiger partial charge in [-0.25, -0.2) is 4.68 Å². The molecular weight excluding hydrogens is 342 g/mol. The fraction of sp³-hybridized carbons (Fsp3) is 0.316. The first-order chi connectivity index (χ1) is 13.3. The van der Waals surface area contributed by atoms with E-state index in [2.05, 4.69) is 30.7 Å². The molecule has 3 heterocycles. The molecule has 27 heavy (non-hydrogen) atoms. The van der Waals surface area contributed by atoms with Crippen molar-refractivity contribution in [2.75, 3.05) is 23.3 Å². The Labute approximate surface area is 157 Å². The highest BCUT2D eigenvalue weighted by Gasteiger charge is 2.14. The highest BCUT2D eigenvalue weighted by Crippen LogP contribution is 2.20. The Hall–Kier alpha value is -3.29. The Kier molecular flexibility index (Phi) is 5.04. The number of benzene rings is 1. The van der Waals surface area contributed by atoms with E-state index in [9.17, 15) is 4.79 Å². The second-order valence-corrected chi connectivity index (χ2v) is 6.56. The lowest BCUT2D eigenvalue weighted by molar-refractivity contribution is 0.102. The van der Waals surface area contributed by atoms with Gasteiger partial charge in [0.2, 0.25) is 0 Å². The zero-order chi connectivity index (χ0) is 18.5. The molecule has 1 aliphatic rings. The maximum atomic E-state index is 12.7. The van der Waals surface area contributed by atoms with Crippen molar-refractivity contribution in [3.8, 4) is 5.69 Å². The summed E-state index contributed by atoms with van der Waals surface area (Å²) in [5.74, 6) is -0.236. The SMILES string of the molecule is O=C(Nc1cccc(-n2cnnn2)c1)c1cc(N2CCCCCC2)ccn1. The standard InChI is InChI=1S/C19H21N7O/c27-19(22-15-6-5-7-17(12-15)26-14-21-23-24-26)18-13-16(8-9-20-18)25-10-3-1-2-4-11-25/h5-9,12-14H,1-4,10-11H2,(H,22,27). The Morgan fingerprint density at radius 2 is 1.85 bits per heavy atom. The summed E-state index contributed by atoms with van der Waals surface area (Å²) >= 11 is 0. The molecule has 2 aromatic heterocycles. The fourth-order valence-electron chi connectivity index (χ4n) is 3.27. The number of carbonyl (C=O) groups excluding carboxylic acids is 1. The first-order valence-corrected chi connectivity index (χ1v) is 9.15. The number of hydrogen-bond donors (Lipinski definition) is 1. The molecule has 0 saturated carbocycles. The van der Waals surface area contributed by atoms with Gasteiger partial charge in [-0.15, -0.1) is 5.10 Å². The number of nitrogens with one attached hydrogen (secondary N) is 1. The summed E-state index contributed by atoms with van der Waals surface area (Å²) in [6, 6.07) is 11.2. The molecule has 1 fully saturated rings. The molecule has 0 bridgehead atoms. The van der Waals surface area contributed by atoms with Crippen molar-refractivity contribution in [2.45, 2.75) is 25.7 Å². The molecule has 1 N–H and O–H groups in total. The van der Waals surface area contributed by atoms with Gasteiger partial charge in [-0.2, -0.15) is 0 Å². The second-order valence-electron chi connectivity index (χ2n) is 6.56. The molecule has 0 radical (unpaired) electrons. The number of tetrazole rings is 1. The lowest BCUT2D eigenvalue weighted by Crippen LogP contribution is -2.24. The van der Waals surface area contributed by atoms with E-state index in [4.69, 9.17) is 0 Å². The average Bonchev–Trinajstić information content (AvgIpc) is 3.11. The van der Waals surface area contributed by atoms with Crippen LogP contribution in [0.1, 0.15) is 36.2 Å². The van der Waals surface area contributed by atoms with Crippen LogP contribution in [0.2, 0.25) is 0 Å². The number of rotatable bonds is 4. The van der Waals surface area contributed by atoms with Crippen molar-refractivity contribution in [3.05, 3.63) is 54.6 Å². The summed E-state index contributed by atoms with van der Waals surface area (Å²) < 4.78 is 1.54. The van der Waals surface area contributed by atoms with Gasteiger partial charge in [-0.05, 0) is 53.6 Å². The first kappa shape index (κ1) is 17.1. The van der Waals surface area contributed by atoms with Gasteiger partial charge >= 0.3 is 0 Å². The van der Waals surface area contributed by atoms with E-state index in [0.29, 0.717) is 11.4 Å². The van der Waals surface area contributed by atoms with Crippen LogP contribution >= 0.6 is 0 Å². The largest absolute Gasteiger partial charge is 0.371 e. The van der Waals surface area contributed by atoms with E-state index in [1.807, 2.05) is 36.4 Å². The highest BCUT2D eigenvalue weighted by atomic mass is 16.1. The minimum atomic E-state index is -0.236. The molecule has 0 spiro atoms. The van der Waals surface area contributed by atoms with Gasteiger partial charge in [0, 0.05) is 30.7 Å².